The van der Waals surface area contributed by atoms with E-state index in [1.54, 1.807) is 0 Å². The first-order chi connectivity index (χ1) is 8.29. The third-order valence-corrected chi connectivity index (χ3v) is 3.90. The monoisotopic (exact) mass is 256 g/mol. The maximum Gasteiger partial charge on any atom is 0.0217 e. The van der Waals surface area contributed by atoms with Crippen molar-refractivity contribution in [2.45, 2.75) is 26.8 Å². The molecular formula is C14H32N4. The number of rotatable bonds is 5. The summed E-state index contributed by atoms with van der Waals surface area (Å²) in [5.41, 5.74) is 6.46. The van der Waals surface area contributed by atoms with Gasteiger partial charge in [0.15, 0.2) is 0 Å². The van der Waals surface area contributed by atoms with E-state index in [-0.39, 0.29) is 11.5 Å². The zero-order chi connectivity index (χ0) is 13.8. The van der Waals surface area contributed by atoms with Crippen molar-refractivity contribution < 1.29 is 0 Å². The summed E-state index contributed by atoms with van der Waals surface area (Å²) >= 11 is 0. The van der Waals surface area contributed by atoms with Crippen molar-refractivity contribution in [3.05, 3.63) is 0 Å². The van der Waals surface area contributed by atoms with E-state index < -0.39 is 0 Å². The third kappa shape index (κ3) is 5.65. The van der Waals surface area contributed by atoms with Crippen molar-refractivity contribution in [2.24, 2.45) is 11.1 Å². The lowest BCUT2D eigenvalue weighted by Gasteiger charge is -2.38. The van der Waals surface area contributed by atoms with Crippen LogP contribution in [0.2, 0.25) is 0 Å². The molecule has 2 N–H and O–H groups in total. The van der Waals surface area contributed by atoms with E-state index in [9.17, 15) is 0 Å². The largest absolute Gasteiger partial charge is 0.326 e. The van der Waals surface area contributed by atoms with E-state index in [2.05, 4.69) is 49.6 Å². The zero-order valence-electron chi connectivity index (χ0n) is 12.9. The second kappa shape index (κ2) is 6.85. The second-order valence-corrected chi connectivity index (χ2v) is 6.92. The highest BCUT2D eigenvalue weighted by Gasteiger charge is 2.25. The van der Waals surface area contributed by atoms with Crippen LogP contribution in [0.5, 0.6) is 0 Å². The number of nitrogens with two attached hydrogens (primary N) is 1. The summed E-state index contributed by atoms with van der Waals surface area (Å²) in [6, 6.07) is 0.269. The van der Waals surface area contributed by atoms with Crippen molar-refractivity contribution in [2.75, 3.05) is 59.9 Å². The lowest BCUT2D eigenvalue weighted by molar-refractivity contribution is 0.107. The molecule has 0 radical (unpaired) electrons. The molecule has 1 rings (SSSR count). The highest BCUT2D eigenvalue weighted by molar-refractivity contribution is 4.82. The quantitative estimate of drug-likeness (QED) is 0.779. The topological polar surface area (TPSA) is 35.7 Å². The van der Waals surface area contributed by atoms with Gasteiger partial charge in [-0.1, -0.05) is 20.8 Å². The fraction of sp³-hybridized carbons (Fsp3) is 1.00. The third-order valence-electron chi connectivity index (χ3n) is 3.90. The Morgan fingerprint density at radius 1 is 1.06 bits per heavy atom. The normalized spacial score (nSPS) is 21.5. The van der Waals surface area contributed by atoms with Crippen LogP contribution in [-0.2, 0) is 0 Å². The minimum absolute atomic E-state index is 0.210. The Labute approximate surface area is 113 Å². The van der Waals surface area contributed by atoms with Gasteiger partial charge in [0, 0.05) is 51.9 Å². The first-order valence-electron chi connectivity index (χ1n) is 7.14. The molecule has 4 nitrogen and oxygen atoms in total. The van der Waals surface area contributed by atoms with Gasteiger partial charge in [-0.25, -0.2) is 0 Å². The maximum atomic E-state index is 6.25. The summed E-state index contributed by atoms with van der Waals surface area (Å²) in [7, 11) is 4.28. The SMILES string of the molecule is CN(C)CCN1CCN(CC(N)C(C)(C)C)CC1. The Hall–Kier alpha value is -0.160. The molecule has 1 aliphatic heterocycles. The highest BCUT2D eigenvalue weighted by atomic mass is 15.3. The van der Waals surface area contributed by atoms with Crippen LogP contribution in [0.1, 0.15) is 20.8 Å². The number of hydrogen-bond donors (Lipinski definition) is 1. The second-order valence-electron chi connectivity index (χ2n) is 6.92. The van der Waals surface area contributed by atoms with Gasteiger partial charge in [-0.3, -0.25) is 9.80 Å². The minimum atomic E-state index is 0.210. The molecule has 0 amide bonds. The highest BCUT2D eigenvalue weighted by Crippen LogP contribution is 2.18. The molecule has 4 heteroatoms. The number of likely N-dealkylation sites (N-methyl/N-ethyl adjacent to an activating group) is 1. The van der Waals surface area contributed by atoms with Gasteiger partial charge in [0.1, 0.15) is 0 Å². The molecule has 0 aromatic rings. The number of nitrogens with zero attached hydrogens (tertiary/aromatic N) is 3. The van der Waals surface area contributed by atoms with Gasteiger partial charge in [0.25, 0.3) is 0 Å². The Morgan fingerprint density at radius 2 is 1.56 bits per heavy atom. The Bertz CT molecular complexity index is 226. The predicted molar refractivity (Wildman–Crippen MR) is 78.9 cm³/mol. The molecule has 1 saturated heterocycles. The zero-order valence-corrected chi connectivity index (χ0v) is 12.9. The van der Waals surface area contributed by atoms with Gasteiger partial charge >= 0.3 is 0 Å². The van der Waals surface area contributed by atoms with Gasteiger partial charge in [-0.15, -0.1) is 0 Å². The lowest BCUT2D eigenvalue weighted by atomic mass is 9.87. The van der Waals surface area contributed by atoms with Gasteiger partial charge in [0.2, 0.25) is 0 Å². The molecule has 18 heavy (non-hydrogen) atoms. The van der Waals surface area contributed by atoms with E-state index in [1.807, 2.05) is 0 Å². The average Bonchev–Trinajstić information content (AvgIpc) is 2.26. The van der Waals surface area contributed by atoms with Crippen LogP contribution < -0.4 is 5.73 Å². The summed E-state index contributed by atoms with van der Waals surface area (Å²) in [6.45, 7) is 14.8. The summed E-state index contributed by atoms with van der Waals surface area (Å²) in [6.07, 6.45) is 0. The molecular weight excluding hydrogens is 224 g/mol. The molecule has 1 fully saturated rings. The van der Waals surface area contributed by atoms with Crippen molar-refractivity contribution in [3.8, 4) is 0 Å². The first-order valence-corrected chi connectivity index (χ1v) is 7.14. The number of piperazine rings is 1. The molecule has 0 spiro atoms. The minimum Gasteiger partial charge on any atom is -0.326 e. The van der Waals surface area contributed by atoms with E-state index in [1.165, 1.54) is 19.6 Å². The molecule has 0 bridgehead atoms. The molecule has 1 heterocycles. The van der Waals surface area contributed by atoms with Crippen LogP contribution in [0.15, 0.2) is 0 Å². The van der Waals surface area contributed by atoms with E-state index in [4.69, 9.17) is 5.73 Å². The summed E-state index contributed by atoms with van der Waals surface area (Å²) in [4.78, 5) is 7.32. The van der Waals surface area contributed by atoms with Gasteiger partial charge < -0.3 is 10.6 Å². The van der Waals surface area contributed by atoms with Crippen molar-refractivity contribution >= 4 is 0 Å². The lowest BCUT2D eigenvalue weighted by Crippen LogP contribution is -2.53. The van der Waals surface area contributed by atoms with E-state index in [0.717, 1.165) is 26.2 Å². The number of hydrogen-bond acceptors (Lipinski definition) is 4. The van der Waals surface area contributed by atoms with Gasteiger partial charge in [-0.2, -0.15) is 0 Å². The summed E-state index contributed by atoms with van der Waals surface area (Å²) in [5.74, 6) is 0. The predicted octanol–water partition coefficient (Wildman–Crippen LogP) is 0.539. The van der Waals surface area contributed by atoms with Crippen LogP contribution in [0, 0.1) is 5.41 Å². The molecule has 0 aromatic heterocycles. The molecule has 1 unspecified atom stereocenters. The van der Waals surface area contributed by atoms with Crippen molar-refractivity contribution in [1.82, 2.24) is 14.7 Å². The van der Waals surface area contributed by atoms with Crippen molar-refractivity contribution in [1.29, 1.82) is 0 Å². The van der Waals surface area contributed by atoms with E-state index >= 15 is 0 Å². The molecule has 0 aliphatic carbocycles. The van der Waals surface area contributed by atoms with Gasteiger partial charge in [-0.05, 0) is 19.5 Å². The van der Waals surface area contributed by atoms with Crippen molar-refractivity contribution in [3.63, 3.8) is 0 Å². The van der Waals surface area contributed by atoms with E-state index in [0.29, 0.717) is 0 Å². The standard InChI is InChI=1S/C14H32N4/c1-14(2,3)13(15)12-18-10-8-17(9-11-18)7-6-16(4)5/h13H,6-12,15H2,1-5H3. The smallest absolute Gasteiger partial charge is 0.0217 e. The average molecular weight is 256 g/mol. The Kier molecular flexibility index (Phi) is 6.05. The van der Waals surface area contributed by atoms with Crippen LogP contribution in [0.25, 0.3) is 0 Å². The Morgan fingerprint density at radius 3 is 2.00 bits per heavy atom. The summed E-state index contributed by atoms with van der Waals surface area (Å²) < 4.78 is 0. The van der Waals surface area contributed by atoms with Crippen LogP contribution in [0.4, 0.5) is 0 Å². The maximum absolute atomic E-state index is 6.25. The van der Waals surface area contributed by atoms with Crippen LogP contribution >= 0.6 is 0 Å². The molecule has 0 saturated carbocycles. The first kappa shape index (κ1) is 15.9. The summed E-state index contributed by atoms with van der Waals surface area (Å²) in [5, 5.41) is 0. The van der Waals surface area contributed by atoms with Crippen LogP contribution in [0.3, 0.4) is 0 Å². The Balaban J connectivity index is 2.23. The molecule has 108 valence electrons. The van der Waals surface area contributed by atoms with Gasteiger partial charge in [0.05, 0.1) is 0 Å². The molecule has 1 atom stereocenters. The molecule has 0 aromatic carbocycles. The van der Waals surface area contributed by atoms with Crippen LogP contribution in [-0.4, -0.2) is 80.7 Å². The fourth-order valence-electron chi connectivity index (χ4n) is 2.09. The molecule has 1 aliphatic rings. The fourth-order valence-corrected chi connectivity index (χ4v) is 2.09.